The lowest BCUT2D eigenvalue weighted by Crippen LogP contribution is -2.02. The Balaban J connectivity index is 2.07. The van der Waals surface area contributed by atoms with E-state index in [0.29, 0.717) is 22.9 Å². The van der Waals surface area contributed by atoms with Gasteiger partial charge in [-0.15, -0.1) is 0 Å². The third-order valence-electron chi connectivity index (χ3n) is 2.80. The number of methoxy groups -OCH3 is 1. The van der Waals surface area contributed by atoms with Crippen molar-refractivity contribution in [2.45, 2.75) is 11.5 Å². The Bertz CT molecular complexity index is 570. The van der Waals surface area contributed by atoms with Crippen molar-refractivity contribution >= 4 is 16.5 Å². The van der Waals surface area contributed by atoms with Crippen LogP contribution in [0.3, 0.4) is 0 Å². The molecule has 3 nitrogen and oxygen atoms in total. The van der Waals surface area contributed by atoms with E-state index in [1.54, 1.807) is 19.2 Å². The first-order chi connectivity index (χ1) is 9.19. The molecular weight excluding hydrogens is 258 g/mol. The van der Waals surface area contributed by atoms with Gasteiger partial charge in [0.1, 0.15) is 5.75 Å². The lowest BCUT2D eigenvalue weighted by molar-refractivity contribution is 0.411. The van der Waals surface area contributed by atoms with Crippen molar-refractivity contribution in [3.63, 3.8) is 0 Å². The monoisotopic (exact) mass is 275 g/mol. The fraction of sp³-hybridized carbons (Fsp3) is 0.200. The topological polar surface area (TPSA) is 52.3 Å². The first kappa shape index (κ1) is 13.6. The van der Waals surface area contributed by atoms with Gasteiger partial charge in [0.25, 0.3) is 0 Å². The molecule has 0 amide bonds. The number of hydrogen-bond donors (Lipinski definition) is 1. The largest absolute Gasteiger partial charge is 0.496 e. The summed E-state index contributed by atoms with van der Waals surface area (Å²) in [6.07, 6.45) is 0. The van der Waals surface area contributed by atoms with Gasteiger partial charge >= 0.3 is 0 Å². The molecule has 2 aromatic carbocycles. The molecule has 0 aromatic heterocycles. The number of nitrogens with two attached hydrogens (primary N) is 1. The molecule has 2 aromatic rings. The quantitative estimate of drug-likeness (QED) is 0.854. The van der Waals surface area contributed by atoms with E-state index in [0.717, 1.165) is 11.1 Å². The highest BCUT2D eigenvalue weighted by molar-refractivity contribution is 7.83. The molecule has 0 saturated heterocycles. The van der Waals surface area contributed by atoms with Crippen molar-refractivity contribution in [1.29, 1.82) is 0 Å². The Morgan fingerprint density at radius 3 is 2.53 bits per heavy atom. The van der Waals surface area contributed by atoms with Gasteiger partial charge in [0.15, 0.2) is 0 Å². The SMILES string of the molecule is COc1cc(N)ccc1CS(=O)Cc1ccccc1. The minimum Gasteiger partial charge on any atom is -0.496 e. The fourth-order valence-electron chi connectivity index (χ4n) is 1.86. The first-order valence-corrected chi connectivity index (χ1v) is 7.49. The van der Waals surface area contributed by atoms with E-state index in [1.165, 1.54) is 0 Å². The van der Waals surface area contributed by atoms with Crippen LogP contribution in [0, 0.1) is 0 Å². The van der Waals surface area contributed by atoms with E-state index in [9.17, 15) is 4.21 Å². The zero-order chi connectivity index (χ0) is 13.7. The van der Waals surface area contributed by atoms with Gasteiger partial charge in [0.2, 0.25) is 0 Å². The van der Waals surface area contributed by atoms with E-state index in [-0.39, 0.29) is 0 Å². The third kappa shape index (κ3) is 3.83. The summed E-state index contributed by atoms with van der Waals surface area (Å²) in [5, 5.41) is 0. The standard InChI is InChI=1S/C15H17NO2S/c1-18-15-9-14(16)8-7-13(15)11-19(17)10-12-5-3-2-4-6-12/h2-9H,10-11,16H2,1H3. The number of nitrogen functional groups attached to an aromatic ring is 1. The van der Waals surface area contributed by atoms with Crippen LogP contribution in [-0.2, 0) is 22.3 Å². The molecule has 1 unspecified atom stereocenters. The zero-order valence-corrected chi connectivity index (χ0v) is 11.7. The summed E-state index contributed by atoms with van der Waals surface area (Å²) < 4.78 is 17.4. The number of benzene rings is 2. The minimum absolute atomic E-state index is 0.471. The summed E-state index contributed by atoms with van der Waals surface area (Å²) in [7, 11) is 0.634. The van der Waals surface area contributed by atoms with Gasteiger partial charge in [0.05, 0.1) is 12.9 Å². The predicted octanol–water partition coefficient (Wildman–Crippen LogP) is 2.73. The fourth-order valence-corrected chi connectivity index (χ4v) is 3.12. The molecule has 0 spiro atoms. The van der Waals surface area contributed by atoms with Crippen LogP contribution in [0.2, 0.25) is 0 Å². The Hall–Kier alpha value is -1.81. The van der Waals surface area contributed by atoms with Crippen LogP contribution in [0.25, 0.3) is 0 Å². The van der Waals surface area contributed by atoms with Gasteiger partial charge < -0.3 is 10.5 Å². The molecular formula is C15H17NO2S. The van der Waals surface area contributed by atoms with E-state index in [4.69, 9.17) is 10.5 Å². The summed E-state index contributed by atoms with van der Waals surface area (Å²) in [5.41, 5.74) is 8.35. The number of hydrogen-bond acceptors (Lipinski definition) is 3. The number of ether oxygens (including phenoxy) is 1. The molecule has 0 heterocycles. The molecule has 0 saturated carbocycles. The Kier molecular flexibility index (Phi) is 4.58. The lowest BCUT2D eigenvalue weighted by Gasteiger charge is -2.09. The van der Waals surface area contributed by atoms with Crippen molar-refractivity contribution in [1.82, 2.24) is 0 Å². The van der Waals surface area contributed by atoms with Gasteiger partial charge in [-0.2, -0.15) is 0 Å². The van der Waals surface area contributed by atoms with Crippen LogP contribution in [-0.4, -0.2) is 11.3 Å². The molecule has 0 aliphatic rings. The number of anilines is 1. The van der Waals surface area contributed by atoms with Crippen molar-refractivity contribution in [2.75, 3.05) is 12.8 Å². The van der Waals surface area contributed by atoms with Crippen molar-refractivity contribution in [2.24, 2.45) is 0 Å². The van der Waals surface area contributed by atoms with E-state index in [2.05, 4.69) is 0 Å². The van der Waals surface area contributed by atoms with Crippen LogP contribution in [0.4, 0.5) is 5.69 Å². The molecule has 0 fully saturated rings. The van der Waals surface area contributed by atoms with Gasteiger partial charge in [0, 0.05) is 33.9 Å². The average Bonchev–Trinajstić information content (AvgIpc) is 2.42. The molecule has 0 aliphatic carbocycles. The molecule has 2 N–H and O–H groups in total. The Labute approximate surface area is 115 Å². The highest BCUT2D eigenvalue weighted by Crippen LogP contribution is 2.23. The molecule has 2 rings (SSSR count). The second kappa shape index (κ2) is 6.38. The lowest BCUT2D eigenvalue weighted by atomic mass is 10.2. The van der Waals surface area contributed by atoms with Crippen LogP contribution in [0.1, 0.15) is 11.1 Å². The van der Waals surface area contributed by atoms with Crippen molar-refractivity contribution in [3.05, 3.63) is 59.7 Å². The maximum absolute atomic E-state index is 12.2. The molecule has 19 heavy (non-hydrogen) atoms. The van der Waals surface area contributed by atoms with Gasteiger partial charge in [-0.25, -0.2) is 0 Å². The number of rotatable bonds is 5. The molecule has 0 aliphatic heterocycles. The predicted molar refractivity (Wildman–Crippen MR) is 79.4 cm³/mol. The normalized spacial score (nSPS) is 12.1. The van der Waals surface area contributed by atoms with Crippen molar-refractivity contribution in [3.8, 4) is 5.75 Å². The third-order valence-corrected chi connectivity index (χ3v) is 4.09. The zero-order valence-electron chi connectivity index (χ0n) is 10.8. The first-order valence-electron chi connectivity index (χ1n) is 6.00. The molecule has 0 bridgehead atoms. The molecule has 4 heteroatoms. The molecule has 0 radical (unpaired) electrons. The minimum atomic E-state index is -0.961. The maximum Gasteiger partial charge on any atom is 0.125 e. The summed E-state index contributed by atoms with van der Waals surface area (Å²) in [5.74, 6) is 1.72. The highest BCUT2D eigenvalue weighted by atomic mass is 32.2. The Morgan fingerprint density at radius 1 is 1.11 bits per heavy atom. The maximum atomic E-state index is 12.2. The smallest absolute Gasteiger partial charge is 0.125 e. The van der Waals surface area contributed by atoms with E-state index < -0.39 is 10.8 Å². The van der Waals surface area contributed by atoms with Crippen LogP contribution in [0.15, 0.2) is 48.5 Å². The molecule has 100 valence electrons. The highest BCUT2D eigenvalue weighted by Gasteiger charge is 2.08. The van der Waals surface area contributed by atoms with Crippen molar-refractivity contribution < 1.29 is 8.95 Å². The van der Waals surface area contributed by atoms with Crippen LogP contribution in [0.5, 0.6) is 5.75 Å². The summed E-state index contributed by atoms with van der Waals surface area (Å²) >= 11 is 0. The Morgan fingerprint density at radius 2 is 1.84 bits per heavy atom. The van der Waals surface area contributed by atoms with Gasteiger partial charge in [-0.3, -0.25) is 4.21 Å². The second-order valence-corrected chi connectivity index (χ2v) is 5.74. The van der Waals surface area contributed by atoms with Gasteiger partial charge in [-0.05, 0) is 11.6 Å². The summed E-state index contributed by atoms with van der Waals surface area (Å²) in [4.78, 5) is 0. The van der Waals surface area contributed by atoms with E-state index in [1.807, 2.05) is 36.4 Å². The average molecular weight is 275 g/mol. The van der Waals surface area contributed by atoms with Crippen LogP contribution >= 0.6 is 0 Å². The second-order valence-electron chi connectivity index (χ2n) is 4.29. The van der Waals surface area contributed by atoms with E-state index >= 15 is 0 Å². The summed E-state index contributed by atoms with van der Waals surface area (Å²) in [6, 6.07) is 15.3. The van der Waals surface area contributed by atoms with Crippen LogP contribution < -0.4 is 10.5 Å². The molecule has 1 atom stereocenters. The van der Waals surface area contributed by atoms with Gasteiger partial charge in [-0.1, -0.05) is 36.4 Å². The summed E-state index contributed by atoms with van der Waals surface area (Å²) in [6.45, 7) is 0.